The van der Waals surface area contributed by atoms with Crippen molar-refractivity contribution in [2.45, 2.75) is 13.1 Å². The molecule has 0 aliphatic carbocycles. The Bertz CT molecular complexity index is 1120. The Hall–Kier alpha value is -3.25. The molecule has 1 amide bonds. The van der Waals surface area contributed by atoms with Gasteiger partial charge in [-0.3, -0.25) is 9.59 Å². The minimum atomic E-state index is -0.367. The predicted molar refractivity (Wildman–Crippen MR) is 105 cm³/mol. The molecule has 4 aromatic rings. The lowest BCUT2D eigenvalue weighted by atomic mass is 10.1. The summed E-state index contributed by atoms with van der Waals surface area (Å²) in [5.74, 6) is -0.367. The highest BCUT2D eigenvalue weighted by Gasteiger charge is 2.22. The van der Waals surface area contributed by atoms with E-state index in [9.17, 15) is 9.59 Å². The van der Waals surface area contributed by atoms with Crippen LogP contribution < -0.4 is 5.43 Å². The minimum absolute atomic E-state index is 0.0289. The summed E-state index contributed by atoms with van der Waals surface area (Å²) in [6, 6.07) is 16.6. The molecule has 0 aliphatic heterocycles. The van der Waals surface area contributed by atoms with Crippen LogP contribution in [0.2, 0.25) is 0 Å². The van der Waals surface area contributed by atoms with Crippen LogP contribution in [0.3, 0.4) is 0 Å². The third kappa shape index (κ3) is 3.66. The van der Waals surface area contributed by atoms with E-state index in [2.05, 4.69) is 4.98 Å². The summed E-state index contributed by atoms with van der Waals surface area (Å²) >= 11 is 1.47. The van der Waals surface area contributed by atoms with Gasteiger partial charge in [0.25, 0.3) is 5.91 Å². The van der Waals surface area contributed by atoms with Gasteiger partial charge in [-0.05, 0) is 17.7 Å². The Labute approximate surface area is 159 Å². The molecule has 0 unspecified atom stereocenters. The van der Waals surface area contributed by atoms with Gasteiger partial charge in [0, 0.05) is 18.1 Å². The van der Waals surface area contributed by atoms with Crippen LogP contribution in [0.4, 0.5) is 0 Å². The zero-order valence-corrected chi connectivity index (χ0v) is 15.2. The first-order valence-corrected chi connectivity index (χ1v) is 9.32. The van der Waals surface area contributed by atoms with E-state index in [0.29, 0.717) is 24.1 Å². The summed E-state index contributed by atoms with van der Waals surface area (Å²) in [6.45, 7) is 0.711. The summed E-state index contributed by atoms with van der Waals surface area (Å²) < 4.78 is 5.52. The monoisotopic (exact) mass is 376 g/mol. The first kappa shape index (κ1) is 17.2. The van der Waals surface area contributed by atoms with E-state index in [1.807, 2.05) is 35.7 Å². The molecule has 134 valence electrons. The molecule has 0 fully saturated rings. The van der Waals surface area contributed by atoms with E-state index in [1.54, 1.807) is 35.4 Å². The van der Waals surface area contributed by atoms with Crippen molar-refractivity contribution in [3.05, 3.63) is 98.8 Å². The maximum absolute atomic E-state index is 13.2. The summed E-state index contributed by atoms with van der Waals surface area (Å²) in [5, 5.41) is 3.08. The molecule has 4 rings (SSSR count). The third-order valence-electron chi connectivity index (χ3n) is 4.22. The van der Waals surface area contributed by atoms with Crippen LogP contribution in [0.1, 0.15) is 20.9 Å². The number of amides is 1. The van der Waals surface area contributed by atoms with Crippen LogP contribution in [0.5, 0.6) is 0 Å². The molecule has 27 heavy (non-hydrogen) atoms. The van der Waals surface area contributed by atoms with E-state index in [4.69, 9.17) is 4.42 Å². The predicted octanol–water partition coefficient (Wildman–Crippen LogP) is 4.09. The lowest BCUT2D eigenvalue weighted by Crippen LogP contribution is -2.33. The van der Waals surface area contributed by atoms with Gasteiger partial charge in [-0.1, -0.05) is 42.5 Å². The second-order valence-corrected chi connectivity index (χ2v) is 7.03. The van der Waals surface area contributed by atoms with Crippen molar-refractivity contribution in [3.63, 3.8) is 0 Å². The van der Waals surface area contributed by atoms with Gasteiger partial charge in [-0.25, -0.2) is 4.98 Å². The quantitative estimate of drug-likeness (QED) is 0.526. The van der Waals surface area contributed by atoms with Gasteiger partial charge in [-0.2, -0.15) is 0 Å². The van der Waals surface area contributed by atoms with Crippen molar-refractivity contribution < 1.29 is 9.21 Å². The van der Waals surface area contributed by atoms with E-state index >= 15 is 0 Å². The Morgan fingerprint density at radius 1 is 1.04 bits per heavy atom. The summed E-state index contributed by atoms with van der Waals surface area (Å²) in [5.41, 5.74) is 1.15. The smallest absolute Gasteiger partial charge is 0.261 e. The number of hydrogen-bond acceptors (Lipinski definition) is 5. The Balaban J connectivity index is 1.71. The highest BCUT2D eigenvalue weighted by molar-refractivity contribution is 7.09. The SMILES string of the molecule is O=C(c1coc2ccccc2c1=O)N(Cc1ccccc1)Cc1nccs1. The van der Waals surface area contributed by atoms with Gasteiger partial charge in [0.05, 0.1) is 11.9 Å². The molecule has 2 aromatic carbocycles. The fourth-order valence-electron chi connectivity index (χ4n) is 2.89. The maximum atomic E-state index is 13.2. The number of thiazole rings is 1. The number of benzene rings is 2. The molecule has 0 saturated heterocycles. The lowest BCUT2D eigenvalue weighted by Gasteiger charge is -2.21. The standard InChI is InChI=1S/C21H16N2O3S/c24-20-16-8-4-5-9-18(16)26-14-17(20)21(25)23(13-19-22-10-11-27-19)12-15-6-2-1-3-7-15/h1-11,14H,12-13H2. The highest BCUT2D eigenvalue weighted by Crippen LogP contribution is 2.16. The largest absolute Gasteiger partial charge is 0.463 e. The van der Waals surface area contributed by atoms with E-state index < -0.39 is 0 Å². The molecule has 0 bridgehead atoms. The van der Waals surface area contributed by atoms with E-state index in [-0.39, 0.29) is 16.9 Å². The molecular weight excluding hydrogens is 360 g/mol. The van der Waals surface area contributed by atoms with Gasteiger partial charge in [0.2, 0.25) is 5.43 Å². The Kier molecular flexibility index (Phi) is 4.80. The maximum Gasteiger partial charge on any atom is 0.261 e. The molecule has 6 heteroatoms. The zero-order valence-electron chi connectivity index (χ0n) is 14.4. The molecule has 0 saturated carbocycles. The second-order valence-electron chi connectivity index (χ2n) is 6.05. The average molecular weight is 376 g/mol. The van der Waals surface area contributed by atoms with Crippen molar-refractivity contribution in [2.24, 2.45) is 0 Å². The van der Waals surface area contributed by atoms with Crippen LogP contribution in [0, 0.1) is 0 Å². The van der Waals surface area contributed by atoms with Crippen LogP contribution in [0.15, 0.2) is 81.6 Å². The molecule has 0 spiro atoms. The molecule has 0 N–H and O–H groups in total. The molecule has 0 atom stereocenters. The van der Waals surface area contributed by atoms with Crippen molar-refractivity contribution >= 4 is 28.2 Å². The average Bonchev–Trinajstić information content (AvgIpc) is 3.21. The van der Waals surface area contributed by atoms with Crippen LogP contribution in [-0.2, 0) is 13.1 Å². The van der Waals surface area contributed by atoms with Gasteiger partial charge in [0.15, 0.2) is 0 Å². The molecule has 5 nitrogen and oxygen atoms in total. The van der Waals surface area contributed by atoms with Gasteiger partial charge in [-0.15, -0.1) is 11.3 Å². The number of fused-ring (bicyclic) bond motifs is 1. The highest BCUT2D eigenvalue weighted by atomic mass is 32.1. The zero-order chi connectivity index (χ0) is 18.6. The van der Waals surface area contributed by atoms with Crippen molar-refractivity contribution in [2.75, 3.05) is 0 Å². The minimum Gasteiger partial charge on any atom is -0.463 e. The number of nitrogens with zero attached hydrogens (tertiary/aromatic N) is 2. The van der Waals surface area contributed by atoms with E-state index in [0.717, 1.165) is 10.6 Å². The topological polar surface area (TPSA) is 63.4 Å². The number of para-hydroxylation sites is 1. The normalized spacial score (nSPS) is 10.8. The summed E-state index contributed by atoms with van der Waals surface area (Å²) in [7, 11) is 0. The van der Waals surface area contributed by atoms with Gasteiger partial charge in [0.1, 0.15) is 22.4 Å². The lowest BCUT2D eigenvalue weighted by molar-refractivity contribution is 0.0726. The molecule has 0 radical (unpaired) electrons. The summed E-state index contributed by atoms with van der Waals surface area (Å²) in [4.78, 5) is 31.9. The van der Waals surface area contributed by atoms with Crippen LogP contribution in [0.25, 0.3) is 11.0 Å². The third-order valence-corrected chi connectivity index (χ3v) is 4.99. The number of carbonyl (C=O) groups is 1. The Morgan fingerprint density at radius 3 is 2.59 bits per heavy atom. The van der Waals surface area contributed by atoms with Gasteiger partial charge >= 0.3 is 0 Å². The van der Waals surface area contributed by atoms with Crippen molar-refractivity contribution in [3.8, 4) is 0 Å². The van der Waals surface area contributed by atoms with Crippen molar-refractivity contribution in [1.82, 2.24) is 9.88 Å². The number of hydrogen-bond donors (Lipinski definition) is 0. The molecule has 2 aromatic heterocycles. The summed E-state index contributed by atoms with van der Waals surface area (Å²) in [6.07, 6.45) is 2.96. The first-order valence-electron chi connectivity index (χ1n) is 8.44. The fourth-order valence-corrected chi connectivity index (χ4v) is 3.52. The molecule has 0 aliphatic rings. The second kappa shape index (κ2) is 7.55. The van der Waals surface area contributed by atoms with Crippen molar-refractivity contribution in [1.29, 1.82) is 0 Å². The number of rotatable bonds is 5. The number of aromatic nitrogens is 1. The Morgan fingerprint density at radius 2 is 1.81 bits per heavy atom. The fraction of sp³-hybridized carbons (Fsp3) is 0.0952. The first-order chi connectivity index (χ1) is 13.2. The number of carbonyl (C=O) groups excluding carboxylic acids is 1. The molecule has 2 heterocycles. The van der Waals surface area contributed by atoms with Crippen LogP contribution >= 0.6 is 11.3 Å². The van der Waals surface area contributed by atoms with E-state index in [1.165, 1.54) is 17.6 Å². The van der Waals surface area contributed by atoms with Gasteiger partial charge < -0.3 is 9.32 Å². The molecular formula is C21H16N2O3S. The van der Waals surface area contributed by atoms with Crippen LogP contribution in [-0.4, -0.2) is 15.8 Å².